The molecule has 2 aromatic rings. The van der Waals surface area contributed by atoms with Crippen LogP contribution in [0.1, 0.15) is 55.3 Å². The number of thiophene rings is 1. The lowest BCUT2D eigenvalue weighted by molar-refractivity contribution is -0.122. The van der Waals surface area contributed by atoms with Gasteiger partial charge in [0.05, 0.1) is 11.9 Å². The molecular formula is C22H31N5OS. The van der Waals surface area contributed by atoms with E-state index in [1.54, 1.807) is 0 Å². The summed E-state index contributed by atoms with van der Waals surface area (Å²) in [7, 11) is 0. The molecule has 4 heterocycles. The van der Waals surface area contributed by atoms with E-state index in [0.717, 1.165) is 74.4 Å². The van der Waals surface area contributed by atoms with Gasteiger partial charge < -0.3 is 10.6 Å². The molecule has 3 aliphatic rings. The van der Waals surface area contributed by atoms with Crippen LogP contribution in [0.5, 0.6) is 0 Å². The van der Waals surface area contributed by atoms with E-state index in [9.17, 15) is 4.79 Å². The second-order valence-electron chi connectivity index (χ2n) is 9.12. The molecular weight excluding hydrogens is 382 g/mol. The van der Waals surface area contributed by atoms with Crippen molar-refractivity contribution in [3.8, 4) is 0 Å². The fourth-order valence-corrected chi connectivity index (χ4v) is 6.39. The van der Waals surface area contributed by atoms with E-state index in [1.165, 1.54) is 41.5 Å². The number of likely N-dealkylation sites (tertiary alicyclic amines) is 1. The molecule has 1 amide bonds. The minimum atomic E-state index is -0.158. The number of piperidine rings is 2. The number of hydrogen-bond acceptors (Lipinski definition) is 6. The van der Waals surface area contributed by atoms with Crippen molar-refractivity contribution < 1.29 is 4.79 Å². The number of amides is 1. The molecule has 0 saturated carbocycles. The molecule has 1 aliphatic carbocycles. The summed E-state index contributed by atoms with van der Waals surface area (Å²) in [4.78, 5) is 29.3. The maximum Gasteiger partial charge on any atom is 0.220 e. The van der Waals surface area contributed by atoms with Crippen LogP contribution < -0.4 is 10.6 Å². The Morgan fingerprint density at radius 1 is 1.10 bits per heavy atom. The second-order valence-corrected chi connectivity index (χ2v) is 10.2. The number of rotatable bonds is 4. The smallest absolute Gasteiger partial charge is 0.220 e. The number of carbonyl (C=O) groups is 1. The third-order valence-corrected chi connectivity index (χ3v) is 8.22. The average Bonchev–Trinajstić information content (AvgIpc) is 3.30. The van der Waals surface area contributed by atoms with Crippen LogP contribution in [0.3, 0.4) is 0 Å². The SMILES string of the molecule is CC1CCN(Cc2nc(N3CCC(C(N)=O)CC3)c3c4c(sc3n2)CCC4)CC1. The number of anilines is 1. The monoisotopic (exact) mass is 413 g/mol. The second kappa shape index (κ2) is 7.84. The Hall–Kier alpha value is -1.73. The standard InChI is InChI=1S/C22H31N5OS/c1-14-5-9-26(10-6-14)13-18-24-21(27-11-7-15(8-12-27)20(23)28)19-16-3-2-4-17(16)29-22(19)25-18/h14-15H,2-13H2,1H3,(H2,23,28). The van der Waals surface area contributed by atoms with Crippen molar-refractivity contribution in [1.82, 2.24) is 14.9 Å². The highest BCUT2D eigenvalue weighted by molar-refractivity contribution is 7.19. The molecule has 0 atom stereocenters. The van der Waals surface area contributed by atoms with Crippen LogP contribution in [0.2, 0.25) is 0 Å². The lowest BCUT2D eigenvalue weighted by atomic mass is 9.96. The summed E-state index contributed by atoms with van der Waals surface area (Å²) in [6.07, 6.45) is 7.75. The zero-order valence-electron chi connectivity index (χ0n) is 17.3. The van der Waals surface area contributed by atoms with Crippen LogP contribution in [-0.2, 0) is 24.2 Å². The molecule has 2 saturated heterocycles. The molecule has 0 radical (unpaired) electrons. The maximum absolute atomic E-state index is 11.6. The third kappa shape index (κ3) is 3.75. The predicted octanol–water partition coefficient (Wildman–Crippen LogP) is 3.11. The number of nitrogens with two attached hydrogens (primary N) is 1. The minimum absolute atomic E-state index is 0.00609. The van der Waals surface area contributed by atoms with Gasteiger partial charge >= 0.3 is 0 Å². The van der Waals surface area contributed by atoms with Gasteiger partial charge in [0.1, 0.15) is 16.5 Å². The van der Waals surface area contributed by atoms with Crippen molar-refractivity contribution in [3.63, 3.8) is 0 Å². The molecule has 156 valence electrons. The van der Waals surface area contributed by atoms with Crippen molar-refractivity contribution in [2.24, 2.45) is 17.6 Å². The number of hydrogen-bond donors (Lipinski definition) is 1. The summed E-state index contributed by atoms with van der Waals surface area (Å²) in [5, 5.41) is 1.29. The van der Waals surface area contributed by atoms with E-state index in [2.05, 4.69) is 16.7 Å². The summed E-state index contributed by atoms with van der Waals surface area (Å²) in [5.74, 6) is 2.74. The van der Waals surface area contributed by atoms with Crippen LogP contribution in [0.25, 0.3) is 10.2 Å². The Morgan fingerprint density at radius 3 is 2.59 bits per heavy atom. The fraction of sp³-hybridized carbons (Fsp3) is 0.682. The van der Waals surface area contributed by atoms with Gasteiger partial charge in [-0.15, -0.1) is 11.3 Å². The number of aryl methyl sites for hydroxylation is 2. The number of aromatic nitrogens is 2. The summed E-state index contributed by atoms with van der Waals surface area (Å²) < 4.78 is 0. The first-order valence-corrected chi connectivity index (χ1v) is 12.0. The minimum Gasteiger partial charge on any atom is -0.369 e. The summed E-state index contributed by atoms with van der Waals surface area (Å²) in [5.41, 5.74) is 7.03. The van der Waals surface area contributed by atoms with Crippen LogP contribution in [0.4, 0.5) is 5.82 Å². The molecule has 0 unspecified atom stereocenters. The normalized spacial score (nSPS) is 21.8. The van der Waals surface area contributed by atoms with Crippen molar-refractivity contribution in [1.29, 1.82) is 0 Å². The van der Waals surface area contributed by atoms with E-state index in [1.807, 2.05) is 11.3 Å². The molecule has 2 N–H and O–H groups in total. The molecule has 29 heavy (non-hydrogen) atoms. The van der Waals surface area contributed by atoms with Gasteiger partial charge in [0, 0.05) is 23.9 Å². The summed E-state index contributed by atoms with van der Waals surface area (Å²) in [6.45, 7) is 7.18. The van der Waals surface area contributed by atoms with Crippen molar-refractivity contribution in [2.45, 2.75) is 58.4 Å². The highest BCUT2D eigenvalue weighted by atomic mass is 32.1. The molecule has 7 heteroatoms. The van der Waals surface area contributed by atoms with E-state index in [4.69, 9.17) is 15.7 Å². The third-order valence-electron chi connectivity index (χ3n) is 7.03. The van der Waals surface area contributed by atoms with Gasteiger partial charge in [-0.25, -0.2) is 9.97 Å². The molecule has 2 aromatic heterocycles. The van der Waals surface area contributed by atoms with Crippen LogP contribution in [-0.4, -0.2) is 47.0 Å². The summed E-state index contributed by atoms with van der Waals surface area (Å²) in [6, 6.07) is 0. The van der Waals surface area contributed by atoms with Gasteiger partial charge in [0.15, 0.2) is 0 Å². The molecule has 0 aromatic carbocycles. The van der Waals surface area contributed by atoms with Gasteiger partial charge in [-0.3, -0.25) is 9.69 Å². The van der Waals surface area contributed by atoms with Crippen molar-refractivity contribution in [3.05, 3.63) is 16.3 Å². The first-order valence-electron chi connectivity index (χ1n) is 11.2. The number of nitrogens with zero attached hydrogens (tertiary/aromatic N) is 4. The van der Waals surface area contributed by atoms with Crippen molar-refractivity contribution in [2.75, 3.05) is 31.1 Å². The Balaban J connectivity index is 1.46. The molecule has 5 rings (SSSR count). The first-order chi connectivity index (χ1) is 14.1. The molecule has 2 aliphatic heterocycles. The van der Waals surface area contributed by atoms with E-state index in [-0.39, 0.29) is 11.8 Å². The fourth-order valence-electron chi connectivity index (χ4n) is 5.12. The number of fused-ring (bicyclic) bond motifs is 3. The predicted molar refractivity (Wildman–Crippen MR) is 117 cm³/mol. The lowest BCUT2D eigenvalue weighted by Gasteiger charge is -2.33. The topological polar surface area (TPSA) is 75.3 Å². The van der Waals surface area contributed by atoms with Crippen LogP contribution in [0.15, 0.2) is 0 Å². The highest BCUT2D eigenvalue weighted by Gasteiger charge is 2.29. The number of carbonyl (C=O) groups excluding carboxylic acids is 1. The van der Waals surface area contributed by atoms with E-state index >= 15 is 0 Å². The zero-order chi connectivity index (χ0) is 20.0. The van der Waals surface area contributed by atoms with Gasteiger partial charge in [-0.1, -0.05) is 6.92 Å². The maximum atomic E-state index is 11.6. The van der Waals surface area contributed by atoms with E-state index in [0.29, 0.717) is 0 Å². The molecule has 2 fully saturated rings. The zero-order valence-corrected chi connectivity index (χ0v) is 18.1. The Morgan fingerprint density at radius 2 is 1.86 bits per heavy atom. The average molecular weight is 414 g/mol. The lowest BCUT2D eigenvalue weighted by Crippen LogP contribution is -2.39. The Bertz CT molecular complexity index is 910. The number of primary amides is 1. The van der Waals surface area contributed by atoms with Crippen LogP contribution >= 0.6 is 11.3 Å². The molecule has 0 bridgehead atoms. The van der Waals surface area contributed by atoms with Crippen LogP contribution in [0, 0.1) is 11.8 Å². The van der Waals surface area contributed by atoms with Gasteiger partial charge in [-0.05, 0) is 69.5 Å². The van der Waals surface area contributed by atoms with Crippen molar-refractivity contribution >= 4 is 33.3 Å². The van der Waals surface area contributed by atoms with E-state index < -0.39 is 0 Å². The quantitative estimate of drug-likeness (QED) is 0.834. The van der Waals surface area contributed by atoms with Gasteiger partial charge in [0.2, 0.25) is 5.91 Å². The first kappa shape index (κ1) is 19.2. The Kier molecular flexibility index (Phi) is 5.20. The molecule has 0 spiro atoms. The highest BCUT2D eigenvalue weighted by Crippen LogP contribution is 2.41. The summed E-state index contributed by atoms with van der Waals surface area (Å²) >= 11 is 1.88. The molecule has 6 nitrogen and oxygen atoms in total. The van der Waals surface area contributed by atoms with Gasteiger partial charge in [0.25, 0.3) is 0 Å². The van der Waals surface area contributed by atoms with Gasteiger partial charge in [-0.2, -0.15) is 0 Å². The largest absolute Gasteiger partial charge is 0.369 e. The Labute approximate surface area is 176 Å².